The number of ether oxygens (including phenoxy) is 6. The summed E-state index contributed by atoms with van der Waals surface area (Å²) in [6.07, 6.45) is 0.525. The lowest BCUT2D eigenvalue weighted by Crippen LogP contribution is -2.47. The summed E-state index contributed by atoms with van der Waals surface area (Å²) in [6, 6.07) is 0. The SMILES string of the molecule is OCC(COCC1CO1)(COCC1CO1)OCC1CO1. The van der Waals surface area contributed by atoms with Crippen LogP contribution in [0, 0.1) is 0 Å². The van der Waals surface area contributed by atoms with E-state index in [4.69, 9.17) is 28.4 Å². The Balaban J connectivity index is 1.43. The van der Waals surface area contributed by atoms with Crippen molar-refractivity contribution in [3.63, 3.8) is 0 Å². The van der Waals surface area contributed by atoms with E-state index >= 15 is 0 Å². The normalized spacial score (nSPS) is 33.8. The van der Waals surface area contributed by atoms with Crippen molar-refractivity contribution in [3.8, 4) is 0 Å². The molecule has 116 valence electrons. The van der Waals surface area contributed by atoms with Gasteiger partial charge in [-0.2, -0.15) is 0 Å². The van der Waals surface area contributed by atoms with Crippen LogP contribution in [0.25, 0.3) is 0 Å². The van der Waals surface area contributed by atoms with Crippen LogP contribution >= 0.6 is 0 Å². The molecule has 3 rings (SSSR count). The smallest absolute Gasteiger partial charge is 0.138 e. The molecule has 3 fully saturated rings. The number of aliphatic hydroxyl groups is 1. The molecule has 3 heterocycles. The molecular weight excluding hydrogens is 268 g/mol. The van der Waals surface area contributed by atoms with Crippen LogP contribution in [-0.4, -0.2) is 88.5 Å². The van der Waals surface area contributed by atoms with Crippen LogP contribution in [0.15, 0.2) is 0 Å². The first-order chi connectivity index (χ1) is 9.80. The van der Waals surface area contributed by atoms with Crippen molar-refractivity contribution < 1.29 is 33.5 Å². The van der Waals surface area contributed by atoms with E-state index in [1.807, 2.05) is 0 Å². The molecule has 0 amide bonds. The van der Waals surface area contributed by atoms with Crippen molar-refractivity contribution in [3.05, 3.63) is 0 Å². The van der Waals surface area contributed by atoms with Crippen LogP contribution in [0.4, 0.5) is 0 Å². The molecule has 3 aliphatic heterocycles. The third kappa shape index (κ3) is 4.92. The summed E-state index contributed by atoms with van der Waals surface area (Å²) in [4.78, 5) is 0. The van der Waals surface area contributed by atoms with E-state index in [2.05, 4.69) is 0 Å². The summed E-state index contributed by atoms with van der Waals surface area (Å²) >= 11 is 0. The Hall–Kier alpha value is -0.280. The molecule has 0 radical (unpaired) electrons. The summed E-state index contributed by atoms with van der Waals surface area (Å²) in [5.74, 6) is 0. The second kappa shape index (κ2) is 6.65. The van der Waals surface area contributed by atoms with Crippen molar-refractivity contribution in [2.24, 2.45) is 0 Å². The Morgan fingerprint density at radius 3 is 1.70 bits per heavy atom. The summed E-state index contributed by atoms with van der Waals surface area (Å²) in [5, 5.41) is 9.68. The highest BCUT2D eigenvalue weighted by Crippen LogP contribution is 2.20. The van der Waals surface area contributed by atoms with Gasteiger partial charge in [-0.25, -0.2) is 0 Å². The van der Waals surface area contributed by atoms with Crippen molar-refractivity contribution in [1.82, 2.24) is 0 Å². The summed E-state index contributed by atoms with van der Waals surface area (Å²) < 4.78 is 32.3. The highest BCUT2D eigenvalue weighted by molar-refractivity contribution is 4.83. The van der Waals surface area contributed by atoms with Crippen LogP contribution in [-0.2, 0) is 28.4 Å². The molecule has 0 bridgehead atoms. The summed E-state index contributed by atoms with van der Waals surface area (Å²) in [7, 11) is 0. The van der Waals surface area contributed by atoms with E-state index in [0.717, 1.165) is 19.8 Å². The lowest BCUT2D eigenvalue weighted by molar-refractivity contribution is -0.160. The molecule has 0 aliphatic carbocycles. The van der Waals surface area contributed by atoms with Crippen LogP contribution in [0.2, 0.25) is 0 Å². The first-order valence-electron chi connectivity index (χ1n) is 7.05. The van der Waals surface area contributed by atoms with Gasteiger partial charge in [0.2, 0.25) is 0 Å². The minimum absolute atomic E-state index is 0.138. The second-order valence-electron chi connectivity index (χ2n) is 5.55. The fourth-order valence-electron chi connectivity index (χ4n) is 1.78. The predicted octanol–water partition coefficient (Wildman–Crippen LogP) is -1.04. The van der Waals surface area contributed by atoms with E-state index in [0.29, 0.717) is 19.8 Å². The standard InChI is InChI=1S/C13H22O7/c14-7-13(20-6-12-5-19-12,8-15-1-10-3-17-10)9-16-2-11-4-18-11/h10-12,14H,1-9H2. The van der Waals surface area contributed by atoms with Crippen LogP contribution < -0.4 is 0 Å². The predicted molar refractivity (Wildman–Crippen MR) is 66.6 cm³/mol. The largest absolute Gasteiger partial charge is 0.393 e. The molecule has 0 aromatic carbocycles. The molecule has 3 atom stereocenters. The Bertz CT molecular complexity index is 281. The van der Waals surface area contributed by atoms with E-state index in [9.17, 15) is 5.11 Å². The highest BCUT2D eigenvalue weighted by atomic mass is 16.6. The Morgan fingerprint density at radius 2 is 1.30 bits per heavy atom. The number of hydrogen-bond donors (Lipinski definition) is 1. The van der Waals surface area contributed by atoms with Gasteiger partial charge in [0.25, 0.3) is 0 Å². The third-order valence-electron chi connectivity index (χ3n) is 3.41. The monoisotopic (exact) mass is 290 g/mol. The molecule has 3 saturated heterocycles. The molecule has 3 aliphatic rings. The van der Waals surface area contributed by atoms with E-state index in [1.54, 1.807) is 0 Å². The van der Waals surface area contributed by atoms with Gasteiger partial charge in [0, 0.05) is 0 Å². The average Bonchev–Trinajstić information content (AvgIpc) is 3.25. The molecule has 7 heteroatoms. The summed E-state index contributed by atoms with van der Waals surface area (Å²) in [6.45, 7) is 4.12. The zero-order valence-electron chi connectivity index (χ0n) is 11.5. The van der Waals surface area contributed by atoms with Crippen molar-refractivity contribution in [1.29, 1.82) is 0 Å². The second-order valence-corrected chi connectivity index (χ2v) is 5.55. The van der Waals surface area contributed by atoms with Crippen LogP contribution in [0.3, 0.4) is 0 Å². The van der Waals surface area contributed by atoms with Gasteiger partial charge in [0.15, 0.2) is 0 Å². The number of hydrogen-bond acceptors (Lipinski definition) is 7. The first-order valence-corrected chi connectivity index (χ1v) is 7.05. The highest BCUT2D eigenvalue weighted by Gasteiger charge is 2.36. The van der Waals surface area contributed by atoms with Crippen LogP contribution in [0.1, 0.15) is 0 Å². The maximum absolute atomic E-state index is 9.68. The summed E-state index contributed by atoms with van der Waals surface area (Å²) in [5.41, 5.74) is -0.838. The first kappa shape index (κ1) is 14.6. The molecule has 3 unspecified atom stereocenters. The average molecular weight is 290 g/mol. The Kier molecular flexibility index (Phi) is 4.87. The van der Waals surface area contributed by atoms with Gasteiger partial charge in [0.1, 0.15) is 23.9 Å². The van der Waals surface area contributed by atoms with Gasteiger partial charge < -0.3 is 33.5 Å². The maximum Gasteiger partial charge on any atom is 0.138 e. The van der Waals surface area contributed by atoms with E-state index in [1.165, 1.54) is 0 Å². The van der Waals surface area contributed by atoms with Crippen molar-refractivity contribution in [2.45, 2.75) is 23.9 Å². The molecule has 7 nitrogen and oxygen atoms in total. The molecule has 1 N–H and O–H groups in total. The van der Waals surface area contributed by atoms with Gasteiger partial charge >= 0.3 is 0 Å². The zero-order chi connectivity index (χ0) is 13.8. The Labute approximate surface area is 118 Å². The van der Waals surface area contributed by atoms with Gasteiger partial charge in [-0.15, -0.1) is 0 Å². The van der Waals surface area contributed by atoms with Gasteiger partial charge in [-0.1, -0.05) is 0 Å². The quantitative estimate of drug-likeness (QED) is 0.460. The fraction of sp³-hybridized carbons (Fsp3) is 1.00. The van der Waals surface area contributed by atoms with Gasteiger partial charge in [0.05, 0.1) is 59.5 Å². The van der Waals surface area contributed by atoms with Gasteiger partial charge in [-0.05, 0) is 0 Å². The number of aliphatic hydroxyl groups excluding tert-OH is 1. The molecular formula is C13H22O7. The van der Waals surface area contributed by atoms with Crippen molar-refractivity contribution >= 4 is 0 Å². The molecule has 20 heavy (non-hydrogen) atoms. The van der Waals surface area contributed by atoms with Crippen LogP contribution in [0.5, 0.6) is 0 Å². The number of epoxide rings is 3. The number of rotatable bonds is 12. The van der Waals surface area contributed by atoms with E-state index in [-0.39, 0.29) is 38.1 Å². The van der Waals surface area contributed by atoms with Crippen molar-refractivity contribution in [2.75, 3.05) is 59.5 Å². The lowest BCUT2D eigenvalue weighted by Gasteiger charge is -2.31. The third-order valence-corrected chi connectivity index (χ3v) is 3.41. The van der Waals surface area contributed by atoms with E-state index < -0.39 is 5.60 Å². The maximum atomic E-state index is 9.68. The molecule has 0 saturated carbocycles. The minimum atomic E-state index is -0.838. The molecule has 0 aromatic heterocycles. The topological polar surface area (TPSA) is 85.5 Å². The lowest BCUT2D eigenvalue weighted by atomic mass is 10.1. The Morgan fingerprint density at radius 1 is 0.850 bits per heavy atom. The molecule has 0 aromatic rings. The molecule has 0 spiro atoms. The minimum Gasteiger partial charge on any atom is -0.393 e. The van der Waals surface area contributed by atoms with Gasteiger partial charge in [-0.3, -0.25) is 0 Å². The fourth-order valence-corrected chi connectivity index (χ4v) is 1.78. The zero-order valence-corrected chi connectivity index (χ0v) is 11.5.